The summed E-state index contributed by atoms with van der Waals surface area (Å²) >= 11 is 0. The van der Waals surface area contributed by atoms with Gasteiger partial charge in [0.15, 0.2) is 6.10 Å². The van der Waals surface area contributed by atoms with Gasteiger partial charge >= 0.3 is 0 Å². The van der Waals surface area contributed by atoms with Crippen molar-refractivity contribution in [2.45, 2.75) is 51.7 Å². The maximum absolute atomic E-state index is 12.6. The summed E-state index contributed by atoms with van der Waals surface area (Å²) in [5.41, 5.74) is 1.43. The number of carbonyl (C=O) groups excluding carboxylic acids is 2. The second-order valence-electron chi connectivity index (χ2n) is 7.62. The van der Waals surface area contributed by atoms with Gasteiger partial charge in [-0.15, -0.1) is 0 Å². The van der Waals surface area contributed by atoms with Crippen molar-refractivity contribution in [3.8, 4) is 5.75 Å². The van der Waals surface area contributed by atoms with Crippen LogP contribution in [0.4, 0.5) is 0 Å². The quantitative estimate of drug-likeness (QED) is 0.812. The van der Waals surface area contributed by atoms with Crippen LogP contribution in [0.3, 0.4) is 0 Å². The number of aromatic nitrogens is 2. The van der Waals surface area contributed by atoms with E-state index in [0.29, 0.717) is 37.5 Å². The highest BCUT2D eigenvalue weighted by Gasteiger charge is 2.27. The molecule has 0 radical (unpaired) electrons. The van der Waals surface area contributed by atoms with Gasteiger partial charge in [0.25, 0.3) is 11.8 Å². The average Bonchev–Trinajstić information content (AvgIpc) is 2.74. The van der Waals surface area contributed by atoms with Crippen molar-refractivity contribution in [3.05, 3.63) is 54.1 Å². The van der Waals surface area contributed by atoms with E-state index in [0.717, 1.165) is 11.3 Å². The molecule has 2 aromatic rings. The van der Waals surface area contributed by atoms with Gasteiger partial charge in [-0.1, -0.05) is 32.0 Å². The van der Waals surface area contributed by atoms with Crippen LogP contribution in [0.5, 0.6) is 5.75 Å². The number of benzene rings is 1. The molecular formula is C22H28N4O3. The molecule has 0 bridgehead atoms. The molecule has 7 nitrogen and oxygen atoms in total. The molecule has 3 rings (SSSR count). The molecule has 1 aliphatic rings. The molecule has 1 fully saturated rings. The third-order valence-electron chi connectivity index (χ3n) is 5.12. The number of rotatable bonds is 6. The minimum absolute atomic E-state index is 0.0276. The van der Waals surface area contributed by atoms with Crippen molar-refractivity contribution in [2.75, 3.05) is 13.1 Å². The second kappa shape index (κ2) is 9.49. The van der Waals surface area contributed by atoms with Crippen LogP contribution in [-0.2, 0) is 4.79 Å². The molecule has 154 valence electrons. The normalized spacial score (nSPS) is 15.8. The molecule has 7 heteroatoms. The van der Waals surface area contributed by atoms with Crippen LogP contribution in [0, 0.1) is 0 Å². The van der Waals surface area contributed by atoms with E-state index in [9.17, 15) is 9.59 Å². The van der Waals surface area contributed by atoms with Gasteiger partial charge < -0.3 is 15.0 Å². The maximum atomic E-state index is 12.6. The Bertz CT molecular complexity index is 833. The second-order valence-corrected chi connectivity index (χ2v) is 7.62. The summed E-state index contributed by atoms with van der Waals surface area (Å²) in [5, 5.41) is 3.06. The Kier molecular flexibility index (Phi) is 6.80. The Balaban J connectivity index is 1.50. The lowest BCUT2D eigenvalue weighted by molar-refractivity contribution is -0.128. The minimum atomic E-state index is -0.589. The van der Waals surface area contributed by atoms with E-state index in [4.69, 9.17) is 4.74 Å². The smallest absolute Gasteiger partial charge is 0.274 e. The minimum Gasteiger partial charge on any atom is -0.481 e. The van der Waals surface area contributed by atoms with Crippen molar-refractivity contribution >= 4 is 11.8 Å². The molecule has 1 aromatic heterocycles. The predicted molar refractivity (Wildman–Crippen MR) is 110 cm³/mol. The van der Waals surface area contributed by atoms with Gasteiger partial charge in [0.1, 0.15) is 11.4 Å². The van der Waals surface area contributed by atoms with Gasteiger partial charge in [-0.3, -0.25) is 14.6 Å². The summed E-state index contributed by atoms with van der Waals surface area (Å²) in [6.45, 7) is 7.11. The third-order valence-corrected chi connectivity index (χ3v) is 5.12. The molecule has 1 aromatic carbocycles. The molecule has 1 saturated heterocycles. The first-order chi connectivity index (χ1) is 14.0. The van der Waals surface area contributed by atoms with Gasteiger partial charge in [-0.05, 0) is 37.3 Å². The number of nitrogens with one attached hydrogen (secondary N) is 1. The van der Waals surface area contributed by atoms with E-state index >= 15 is 0 Å². The number of carbonyl (C=O) groups is 2. The van der Waals surface area contributed by atoms with Gasteiger partial charge in [0.2, 0.25) is 0 Å². The lowest BCUT2D eigenvalue weighted by Gasteiger charge is -2.32. The van der Waals surface area contributed by atoms with Crippen LogP contribution in [0.2, 0.25) is 0 Å². The molecule has 0 aliphatic carbocycles. The number of likely N-dealkylation sites (tertiary alicyclic amines) is 1. The molecule has 29 heavy (non-hydrogen) atoms. The van der Waals surface area contributed by atoms with Crippen molar-refractivity contribution < 1.29 is 14.3 Å². The van der Waals surface area contributed by atoms with Crippen molar-refractivity contribution in [2.24, 2.45) is 0 Å². The van der Waals surface area contributed by atoms with E-state index in [1.165, 1.54) is 12.4 Å². The molecule has 2 heterocycles. The van der Waals surface area contributed by atoms with Gasteiger partial charge in [-0.2, -0.15) is 0 Å². The number of piperidine rings is 1. The first kappa shape index (κ1) is 20.8. The molecule has 1 atom stereocenters. The molecule has 1 unspecified atom stereocenters. The van der Waals surface area contributed by atoms with Gasteiger partial charge in [0, 0.05) is 31.5 Å². The fraction of sp³-hybridized carbons (Fsp3) is 0.455. The highest BCUT2D eigenvalue weighted by molar-refractivity contribution is 5.92. The fourth-order valence-electron chi connectivity index (χ4n) is 3.43. The fourth-order valence-corrected chi connectivity index (χ4v) is 3.43. The van der Waals surface area contributed by atoms with Gasteiger partial charge in [0.05, 0.1) is 6.20 Å². The van der Waals surface area contributed by atoms with Crippen molar-refractivity contribution in [1.82, 2.24) is 20.2 Å². The van der Waals surface area contributed by atoms with Crippen LogP contribution < -0.4 is 10.1 Å². The van der Waals surface area contributed by atoms with Crippen molar-refractivity contribution in [1.29, 1.82) is 0 Å². The lowest BCUT2D eigenvalue weighted by atomic mass is 10.0. The summed E-state index contributed by atoms with van der Waals surface area (Å²) < 4.78 is 5.94. The molecular weight excluding hydrogens is 368 g/mol. The number of hydrogen-bond acceptors (Lipinski definition) is 5. The number of ether oxygens (including phenoxy) is 1. The Labute approximate surface area is 171 Å². The van der Waals surface area contributed by atoms with E-state index < -0.39 is 6.10 Å². The van der Waals surface area contributed by atoms with Crippen LogP contribution in [0.1, 0.15) is 55.6 Å². The summed E-state index contributed by atoms with van der Waals surface area (Å²) in [4.78, 5) is 34.8. The molecule has 2 amide bonds. The Hall–Kier alpha value is -2.96. The predicted octanol–water partition coefficient (Wildman–Crippen LogP) is 2.79. The Morgan fingerprint density at radius 2 is 1.86 bits per heavy atom. The number of hydrogen-bond donors (Lipinski definition) is 1. The van der Waals surface area contributed by atoms with E-state index in [1.54, 1.807) is 18.0 Å². The highest BCUT2D eigenvalue weighted by Crippen LogP contribution is 2.26. The van der Waals surface area contributed by atoms with Gasteiger partial charge in [-0.25, -0.2) is 4.98 Å². The molecule has 1 N–H and O–H groups in total. The summed E-state index contributed by atoms with van der Waals surface area (Å²) in [6, 6.07) is 7.84. The molecule has 1 aliphatic heterocycles. The lowest BCUT2D eigenvalue weighted by Crippen LogP contribution is -2.49. The number of amides is 2. The zero-order valence-corrected chi connectivity index (χ0v) is 17.2. The number of para-hydroxylation sites is 1. The van der Waals surface area contributed by atoms with E-state index in [2.05, 4.69) is 29.1 Å². The highest BCUT2D eigenvalue weighted by atomic mass is 16.5. The zero-order chi connectivity index (χ0) is 20.8. The van der Waals surface area contributed by atoms with Crippen molar-refractivity contribution in [3.63, 3.8) is 0 Å². The van der Waals surface area contributed by atoms with Crippen LogP contribution in [-0.4, -0.2) is 51.9 Å². The monoisotopic (exact) mass is 396 g/mol. The van der Waals surface area contributed by atoms with Crippen LogP contribution in [0.25, 0.3) is 0 Å². The van der Waals surface area contributed by atoms with E-state index in [1.807, 2.05) is 24.3 Å². The first-order valence-electron chi connectivity index (χ1n) is 10.1. The van der Waals surface area contributed by atoms with Crippen LogP contribution >= 0.6 is 0 Å². The summed E-state index contributed by atoms with van der Waals surface area (Å²) in [5.74, 6) is 0.805. The maximum Gasteiger partial charge on any atom is 0.274 e. The molecule has 0 spiro atoms. The number of nitrogens with zero attached hydrogens (tertiary/aromatic N) is 3. The standard InChI is InChI=1S/C22H28N4O3/c1-15(2)18-6-4-5-7-20(18)29-16(3)21(27)25-17-8-12-26(13-9-17)22(28)19-14-23-10-11-24-19/h4-7,10-11,14-17H,8-9,12-13H2,1-3H3,(H,25,27). The summed E-state index contributed by atoms with van der Waals surface area (Å²) in [7, 11) is 0. The third kappa shape index (κ3) is 5.31. The van der Waals surface area contributed by atoms with Crippen LogP contribution in [0.15, 0.2) is 42.9 Å². The van der Waals surface area contributed by atoms with E-state index in [-0.39, 0.29) is 17.9 Å². The first-order valence-corrected chi connectivity index (χ1v) is 10.1. The largest absolute Gasteiger partial charge is 0.481 e. The summed E-state index contributed by atoms with van der Waals surface area (Å²) in [6.07, 6.45) is 5.35. The Morgan fingerprint density at radius 1 is 1.14 bits per heavy atom. The zero-order valence-electron chi connectivity index (χ0n) is 17.2. The Morgan fingerprint density at radius 3 is 2.52 bits per heavy atom. The SMILES string of the molecule is CC(Oc1ccccc1C(C)C)C(=O)NC1CCN(C(=O)c2cnccn2)CC1. The molecule has 0 saturated carbocycles. The average molecular weight is 396 g/mol. The topological polar surface area (TPSA) is 84.4 Å².